The minimum Gasteiger partial charge on any atom is -0.358 e. The molecule has 0 saturated heterocycles. The molecule has 1 heterocycles. The molecular weight excluding hydrogens is 188 g/mol. The molecule has 4 nitrogen and oxygen atoms in total. The van der Waals surface area contributed by atoms with Crippen molar-refractivity contribution >= 4 is 5.82 Å². The van der Waals surface area contributed by atoms with E-state index in [-0.39, 0.29) is 0 Å². The smallest absolute Gasteiger partial charge is 0.150 e. The summed E-state index contributed by atoms with van der Waals surface area (Å²) in [6, 6.07) is 4.80. The van der Waals surface area contributed by atoms with Gasteiger partial charge in [0.05, 0.1) is 5.69 Å². The van der Waals surface area contributed by atoms with Crippen LogP contribution in [0.2, 0.25) is 0 Å². The highest BCUT2D eigenvalue weighted by molar-refractivity contribution is 5.35. The lowest BCUT2D eigenvalue weighted by molar-refractivity contribution is 0.664. The van der Waals surface area contributed by atoms with Gasteiger partial charge in [-0.3, -0.25) is 0 Å². The third-order valence-corrected chi connectivity index (χ3v) is 2.72. The Morgan fingerprint density at radius 3 is 2.73 bits per heavy atom. The average Bonchev–Trinajstić information content (AvgIpc) is 3.10. The predicted octanol–water partition coefficient (Wildman–Crippen LogP) is 1.18. The molecule has 0 spiro atoms. The second-order valence-corrected chi connectivity index (χ2v) is 4.05. The Hall–Kier alpha value is -1.16. The fraction of sp³-hybridized carbons (Fsp3) is 0.636. The Bertz CT molecular complexity index is 305. The number of hydrogen-bond acceptors (Lipinski definition) is 4. The van der Waals surface area contributed by atoms with E-state index in [1.54, 1.807) is 0 Å². The summed E-state index contributed by atoms with van der Waals surface area (Å²) in [5, 5.41) is 11.8. The second kappa shape index (κ2) is 4.57. The number of nitrogens with one attached hydrogen (secondary N) is 1. The van der Waals surface area contributed by atoms with E-state index >= 15 is 0 Å². The van der Waals surface area contributed by atoms with Gasteiger partial charge in [-0.1, -0.05) is 0 Å². The van der Waals surface area contributed by atoms with Crippen LogP contribution in [0.4, 0.5) is 5.82 Å². The van der Waals surface area contributed by atoms with Gasteiger partial charge in [-0.2, -0.15) is 5.10 Å². The topological polar surface area (TPSA) is 41.0 Å². The first-order chi connectivity index (χ1) is 7.29. The van der Waals surface area contributed by atoms with Crippen LogP contribution in [0.5, 0.6) is 0 Å². The van der Waals surface area contributed by atoms with Crippen molar-refractivity contribution in [2.24, 2.45) is 0 Å². The average molecular weight is 206 g/mol. The van der Waals surface area contributed by atoms with Gasteiger partial charge in [0.25, 0.3) is 0 Å². The molecule has 0 bridgehead atoms. The van der Waals surface area contributed by atoms with Crippen molar-refractivity contribution < 1.29 is 0 Å². The molecule has 0 atom stereocenters. The maximum atomic E-state index is 4.19. The van der Waals surface area contributed by atoms with Crippen LogP contribution in [0.25, 0.3) is 0 Å². The lowest BCUT2D eigenvalue weighted by Crippen LogP contribution is -2.19. The summed E-state index contributed by atoms with van der Waals surface area (Å²) < 4.78 is 0. The van der Waals surface area contributed by atoms with E-state index in [4.69, 9.17) is 0 Å². The van der Waals surface area contributed by atoms with Crippen LogP contribution in [0.3, 0.4) is 0 Å². The normalized spacial score (nSPS) is 15.3. The van der Waals surface area contributed by atoms with Gasteiger partial charge in [-0.05, 0) is 31.9 Å². The molecule has 2 rings (SSSR count). The van der Waals surface area contributed by atoms with Crippen LogP contribution in [0, 0.1) is 0 Å². The lowest BCUT2D eigenvalue weighted by Gasteiger charge is -2.14. The van der Waals surface area contributed by atoms with Crippen molar-refractivity contribution in [1.82, 2.24) is 15.5 Å². The van der Waals surface area contributed by atoms with Crippen LogP contribution in [0.15, 0.2) is 12.1 Å². The summed E-state index contributed by atoms with van der Waals surface area (Å²) in [7, 11) is 2.02. The molecule has 1 N–H and O–H groups in total. The van der Waals surface area contributed by atoms with E-state index in [1.165, 1.54) is 12.8 Å². The van der Waals surface area contributed by atoms with Crippen LogP contribution in [0.1, 0.15) is 25.5 Å². The van der Waals surface area contributed by atoms with Gasteiger partial charge in [-0.15, -0.1) is 5.10 Å². The highest BCUT2D eigenvalue weighted by Crippen LogP contribution is 2.19. The Kier molecular flexibility index (Phi) is 3.16. The number of nitrogens with zero attached hydrogens (tertiary/aromatic N) is 3. The summed E-state index contributed by atoms with van der Waals surface area (Å²) in [4.78, 5) is 2.07. The van der Waals surface area contributed by atoms with Gasteiger partial charge in [0.2, 0.25) is 0 Å². The zero-order chi connectivity index (χ0) is 10.7. The van der Waals surface area contributed by atoms with E-state index in [0.29, 0.717) is 0 Å². The maximum Gasteiger partial charge on any atom is 0.150 e. The molecule has 1 aromatic rings. The molecule has 0 unspecified atom stereocenters. The summed E-state index contributed by atoms with van der Waals surface area (Å²) in [5.74, 6) is 0.938. The monoisotopic (exact) mass is 206 g/mol. The van der Waals surface area contributed by atoms with E-state index in [2.05, 4.69) is 27.3 Å². The van der Waals surface area contributed by atoms with E-state index in [9.17, 15) is 0 Å². The van der Waals surface area contributed by atoms with Crippen LogP contribution < -0.4 is 10.2 Å². The van der Waals surface area contributed by atoms with Gasteiger partial charge in [0, 0.05) is 26.2 Å². The molecule has 0 aromatic carbocycles. The maximum absolute atomic E-state index is 4.19. The van der Waals surface area contributed by atoms with Crippen molar-refractivity contribution in [2.45, 2.75) is 32.4 Å². The van der Waals surface area contributed by atoms with Gasteiger partial charge in [-0.25, -0.2) is 0 Å². The number of rotatable bonds is 5. The Morgan fingerprint density at radius 1 is 1.40 bits per heavy atom. The van der Waals surface area contributed by atoms with Gasteiger partial charge in [0.15, 0.2) is 5.82 Å². The third kappa shape index (κ3) is 2.89. The second-order valence-electron chi connectivity index (χ2n) is 4.05. The largest absolute Gasteiger partial charge is 0.358 e. The molecule has 15 heavy (non-hydrogen) atoms. The van der Waals surface area contributed by atoms with E-state index in [0.717, 1.165) is 30.6 Å². The predicted molar refractivity (Wildman–Crippen MR) is 60.8 cm³/mol. The first-order valence-electron chi connectivity index (χ1n) is 5.56. The molecule has 1 fully saturated rings. The van der Waals surface area contributed by atoms with Gasteiger partial charge < -0.3 is 10.2 Å². The third-order valence-electron chi connectivity index (χ3n) is 2.72. The quantitative estimate of drug-likeness (QED) is 0.785. The zero-order valence-corrected chi connectivity index (χ0v) is 9.40. The van der Waals surface area contributed by atoms with Crippen molar-refractivity contribution in [3.63, 3.8) is 0 Å². The molecule has 1 aliphatic rings. The highest BCUT2D eigenvalue weighted by atomic mass is 15.2. The summed E-state index contributed by atoms with van der Waals surface area (Å²) >= 11 is 0. The molecule has 1 aliphatic carbocycles. The number of anilines is 1. The van der Waals surface area contributed by atoms with Crippen molar-refractivity contribution in [2.75, 3.05) is 18.5 Å². The van der Waals surface area contributed by atoms with Crippen molar-refractivity contribution in [1.29, 1.82) is 0 Å². The standard InChI is InChI=1S/C11H18N4/c1-3-15(2)11-7-6-10(13-14-11)8-12-9-4-5-9/h6-7,9,12H,3-5,8H2,1-2H3. The lowest BCUT2D eigenvalue weighted by atomic mass is 10.3. The number of aromatic nitrogens is 2. The zero-order valence-electron chi connectivity index (χ0n) is 9.40. The summed E-state index contributed by atoms with van der Waals surface area (Å²) in [6.07, 6.45) is 2.62. The van der Waals surface area contributed by atoms with Crippen molar-refractivity contribution in [3.8, 4) is 0 Å². The van der Waals surface area contributed by atoms with Gasteiger partial charge >= 0.3 is 0 Å². The van der Waals surface area contributed by atoms with Gasteiger partial charge in [0.1, 0.15) is 0 Å². The van der Waals surface area contributed by atoms with Crippen LogP contribution in [-0.2, 0) is 6.54 Å². The minimum atomic E-state index is 0.727. The molecular formula is C11H18N4. The SMILES string of the molecule is CCN(C)c1ccc(CNC2CC2)nn1. The molecule has 0 aliphatic heterocycles. The van der Waals surface area contributed by atoms with Crippen LogP contribution in [-0.4, -0.2) is 29.8 Å². The Balaban J connectivity index is 1.90. The molecule has 0 amide bonds. The molecule has 4 heteroatoms. The van der Waals surface area contributed by atoms with Crippen molar-refractivity contribution in [3.05, 3.63) is 17.8 Å². The first kappa shape index (κ1) is 10.4. The van der Waals surface area contributed by atoms with Crippen LogP contribution >= 0.6 is 0 Å². The Morgan fingerprint density at radius 2 is 2.20 bits per heavy atom. The fourth-order valence-electron chi connectivity index (χ4n) is 1.35. The summed E-state index contributed by atoms with van der Waals surface area (Å²) in [5.41, 5.74) is 1.02. The molecule has 0 radical (unpaired) electrons. The number of hydrogen-bond donors (Lipinski definition) is 1. The molecule has 1 aromatic heterocycles. The summed E-state index contributed by atoms with van der Waals surface area (Å²) in [6.45, 7) is 3.90. The molecule has 82 valence electrons. The van der Waals surface area contributed by atoms with E-state index in [1.807, 2.05) is 19.2 Å². The minimum absolute atomic E-state index is 0.727. The molecule has 1 saturated carbocycles. The van der Waals surface area contributed by atoms with E-state index < -0.39 is 0 Å². The Labute approximate surface area is 90.7 Å². The highest BCUT2D eigenvalue weighted by Gasteiger charge is 2.20. The fourth-order valence-corrected chi connectivity index (χ4v) is 1.35. The first-order valence-corrected chi connectivity index (χ1v) is 5.56.